The van der Waals surface area contributed by atoms with Crippen molar-refractivity contribution < 1.29 is 28.6 Å². The van der Waals surface area contributed by atoms with Crippen LogP contribution in [0.4, 0.5) is 0 Å². The molecule has 0 N–H and O–H groups in total. The predicted molar refractivity (Wildman–Crippen MR) is 279 cm³/mol. The number of allylic oxidation sites excluding steroid dienone is 8. The molecule has 0 amide bonds. The molecule has 0 aliphatic rings. The highest BCUT2D eigenvalue weighted by Gasteiger charge is 2.19. The van der Waals surface area contributed by atoms with Gasteiger partial charge in [0.2, 0.25) is 0 Å². The third-order valence-electron chi connectivity index (χ3n) is 12.3. The SMILES string of the molecule is CCCCCCCC/C=C\CCCCCCCCCC(=O)OCC(COC(=O)CCCCC/C=C\CCCCCCCCC)OC(=O)CCCCC/C=C\C=C/CCCCCCCCC. The minimum Gasteiger partial charge on any atom is -0.462 e. The van der Waals surface area contributed by atoms with Crippen LogP contribution in [0, 0.1) is 0 Å². The molecule has 0 aromatic rings. The molecular formula is C59H106O6. The fourth-order valence-corrected chi connectivity index (χ4v) is 8.01. The van der Waals surface area contributed by atoms with Gasteiger partial charge in [-0.1, -0.05) is 223 Å². The highest BCUT2D eigenvalue weighted by molar-refractivity contribution is 5.71. The zero-order valence-corrected chi connectivity index (χ0v) is 43.3. The van der Waals surface area contributed by atoms with E-state index in [0.717, 1.165) is 83.5 Å². The second kappa shape index (κ2) is 54.0. The lowest BCUT2D eigenvalue weighted by Gasteiger charge is -2.18. The Morgan fingerprint density at radius 3 is 0.877 bits per heavy atom. The average Bonchev–Trinajstić information content (AvgIpc) is 3.30. The summed E-state index contributed by atoms with van der Waals surface area (Å²) in [6, 6.07) is 0. The second-order valence-corrected chi connectivity index (χ2v) is 18.9. The van der Waals surface area contributed by atoms with Crippen LogP contribution >= 0.6 is 0 Å². The van der Waals surface area contributed by atoms with Gasteiger partial charge in [-0.15, -0.1) is 0 Å². The van der Waals surface area contributed by atoms with Gasteiger partial charge in [0, 0.05) is 19.3 Å². The van der Waals surface area contributed by atoms with Crippen LogP contribution in [0.2, 0.25) is 0 Å². The van der Waals surface area contributed by atoms with Crippen LogP contribution in [0.5, 0.6) is 0 Å². The quantitative estimate of drug-likeness (QED) is 0.0199. The van der Waals surface area contributed by atoms with E-state index in [9.17, 15) is 14.4 Å². The molecule has 0 heterocycles. The van der Waals surface area contributed by atoms with Crippen molar-refractivity contribution in [3.8, 4) is 0 Å². The molecule has 0 aliphatic carbocycles. The molecule has 65 heavy (non-hydrogen) atoms. The molecular weight excluding hydrogens is 805 g/mol. The van der Waals surface area contributed by atoms with Crippen molar-refractivity contribution >= 4 is 17.9 Å². The van der Waals surface area contributed by atoms with Crippen molar-refractivity contribution in [2.45, 2.75) is 297 Å². The molecule has 0 rings (SSSR count). The fraction of sp³-hybridized carbons (Fsp3) is 0.814. The molecule has 0 spiro atoms. The van der Waals surface area contributed by atoms with Gasteiger partial charge in [0.05, 0.1) is 0 Å². The Balaban J connectivity index is 4.42. The molecule has 0 saturated carbocycles. The lowest BCUT2D eigenvalue weighted by Crippen LogP contribution is -2.30. The van der Waals surface area contributed by atoms with Gasteiger partial charge in [0.15, 0.2) is 6.10 Å². The number of rotatable bonds is 51. The Bertz CT molecular complexity index is 1140. The van der Waals surface area contributed by atoms with E-state index in [-0.39, 0.29) is 31.1 Å². The van der Waals surface area contributed by atoms with Crippen LogP contribution in [0.1, 0.15) is 290 Å². The number of hydrogen-bond donors (Lipinski definition) is 0. The van der Waals surface area contributed by atoms with Crippen LogP contribution in [0.15, 0.2) is 48.6 Å². The van der Waals surface area contributed by atoms with Crippen molar-refractivity contribution in [1.29, 1.82) is 0 Å². The van der Waals surface area contributed by atoms with Gasteiger partial charge in [-0.2, -0.15) is 0 Å². The first-order valence-corrected chi connectivity index (χ1v) is 28.2. The smallest absolute Gasteiger partial charge is 0.306 e. The standard InChI is InChI=1S/C59H106O6/c1-4-7-10-13-16-19-22-25-28-30-32-34-37-40-43-46-49-52-58(61)64-55-56(54-63-57(60)51-48-45-42-39-36-33-27-24-21-18-15-12-9-6-3)65-59(62)53-50-47-44-41-38-35-31-29-26-23-20-17-14-11-8-5-2/h25,28-29,31,33,35-36,38,56H,4-24,26-27,30,32,34,37,39-55H2,1-3H3/b28-25-,31-29-,36-33-,38-35-. The predicted octanol–water partition coefficient (Wildman–Crippen LogP) is 18.7. The van der Waals surface area contributed by atoms with Gasteiger partial charge in [-0.3, -0.25) is 14.4 Å². The average molecular weight is 911 g/mol. The Morgan fingerprint density at radius 1 is 0.308 bits per heavy atom. The number of unbranched alkanes of at least 4 members (excludes halogenated alkanes) is 33. The summed E-state index contributed by atoms with van der Waals surface area (Å²) in [5.41, 5.74) is 0. The lowest BCUT2D eigenvalue weighted by atomic mass is 10.1. The van der Waals surface area contributed by atoms with Gasteiger partial charge in [0.25, 0.3) is 0 Å². The van der Waals surface area contributed by atoms with E-state index in [1.807, 2.05) is 0 Å². The van der Waals surface area contributed by atoms with Crippen LogP contribution in [-0.2, 0) is 28.6 Å². The minimum atomic E-state index is -0.793. The summed E-state index contributed by atoms with van der Waals surface area (Å²) in [6.45, 7) is 6.61. The molecule has 1 atom stereocenters. The monoisotopic (exact) mass is 911 g/mol. The molecule has 0 fully saturated rings. The van der Waals surface area contributed by atoms with E-state index in [0.29, 0.717) is 19.3 Å². The molecule has 0 bridgehead atoms. The van der Waals surface area contributed by atoms with Gasteiger partial charge < -0.3 is 14.2 Å². The first kappa shape index (κ1) is 62.4. The van der Waals surface area contributed by atoms with Gasteiger partial charge in [0.1, 0.15) is 13.2 Å². The second-order valence-electron chi connectivity index (χ2n) is 18.9. The number of carbonyl (C=O) groups is 3. The summed E-state index contributed by atoms with van der Waals surface area (Å²) in [7, 11) is 0. The number of esters is 3. The number of ether oxygens (including phenoxy) is 3. The molecule has 0 aromatic heterocycles. The molecule has 378 valence electrons. The maximum Gasteiger partial charge on any atom is 0.306 e. The summed E-state index contributed by atoms with van der Waals surface area (Å²) >= 11 is 0. The third-order valence-corrected chi connectivity index (χ3v) is 12.3. The van der Waals surface area contributed by atoms with Crippen LogP contribution in [0.3, 0.4) is 0 Å². The fourth-order valence-electron chi connectivity index (χ4n) is 8.01. The highest BCUT2D eigenvalue weighted by Crippen LogP contribution is 2.15. The summed E-state index contributed by atoms with van der Waals surface area (Å²) in [5.74, 6) is -0.926. The van der Waals surface area contributed by atoms with Crippen molar-refractivity contribution in [3.05, 3.63) is 48.6 Å². The summed E-state index contributed by atoms with van der Waals surface area (Å²) in [6.07, 6.45) is 65.3. The van der Waals surface area contributed by atoms with Gasteiger partial charge in [-0.05, 0) is 96.3 Å². The van der Waals surface area contributed by atoms with E-state index in [4.69, 9.17) is 14.2 Å². The highest BCUT2D eigenvalue weighted by atomic mass is 16.6. The molecule has 0 radical (unpaired) electrons. The van der Waals surface area contributed by atoms with Crippen LogP contribution < -0.4 is 0 Å². The van der Waals surface area contributed by atoms with E-state index in [1.165, 1.54) is 167 Å². The van der Waals surface area contributed by atoms with Crippen molar-refractivity contribution in [2.24, 2.45) is 0 Å². The first-order valence-electron chi connectivity index (χ1n) is 28.2. The zero-order chi connectivity index (χ0) is 47.2. The Morgan fingerprint density at radius 2 is 0.554 bits per heavy atom. The summed E-state index contributed by atoms with van der Waals surface area (Å²) < 4.78 is 16.8. The number of hydrogen-bond acceptors (Lipinski definition) is 6. The van der Waals surface area contributed by atoms with Crippen LogP contribution in [-0.4, -0.2) is 37.2 Å². The van der Waals surface area contributed by atoms with Gasteiger partial charge in [-0.25, -0.2) is 0 Å². The molecule has 0 saturated heterocycles. The van der Waals surface area contributed by atoms with E-state index < -0.39 is 6.10 Å². The molecule has 6 heteroatoms. The van der Waals surface area contributed by atoms with Crippen molar-refractivity contribution in [2.75, 3.05) is 13.2 Å². The summed E-state index contributed by atoms with van der Waals surface area (Å²) in [5, 5.41) is 0. The number of carbonyl (C=O) groups excluding carboxylic acids is 3. The van der Waals surface area contributed by atoms with Crippen molar-refractivity contribution in [3.63, 3.8) is 0 Å². The summed E-state index contributed by atoms with van der Waals surface area (Å²) in [4.78, 5) is 38.1. The molecule has 0 aromatic carbocycles. The Hall–Kier alpha value is -2.63. The Labute approximate surface area is 403 Å². The molecule has 1 unspecified atom stereocenters. The maximum atomic E-state index is 12.8. The molecule has 6 nitrogen and oxygen atoms in total. The third kappa shape index (κ3) is 52.2. The normalized spacial score (nSPS) is 12.4. The Kier molecular flexibility index (Phi) is 51.8. The maximum absolute atomic E-state index is 12.8. The van der Waals surface area contributed by atoms with E-state index in [2.05, 4.69) is 69.4 Å². The topological polar surface area (TPSA) is 78.9 Å². The minimum absolute atomic E-state index is 0.0896. The van der Waals surface area contributed by atoms with Crippen LogP contribution in [0.25, 0.3) is 0 Å². The van der Waals surface area contributed by atoms with E-state index in [1.54, 1.807) is 0 Å². The van der Waals surface area contributed by atoms with Crippen molar-refractivity contribution in [1.82, 2.24) is 0 Å². The van der Waals surface area contributed by atoms with E-state index >= 15 is 0 Å². The van der Waals surface area contributed by atoms with Gasteiger partial charge >= 0.3 is 17.9 Å². The zero-order valence-electron chi connectivity index (χ0n) is 43.3. The molecule has 0 aliphatic heterocycles. The lowest BCUT2D eigenvalue weighted by molar-refractivity contribution is -0.167. The first-order chi connectivity index (χ1) is 32.0. The largest absolute Gasteiger partial charge is 0.462 e.